The monoisotopic (exact) mass is 390 g/mol. The van der Waals surface area contributed by atoms with Crippen molar-refractivity contribution in [2.45, 2.75) is 6.04 Å². The first kappa shape index (κ1) is 19.5. The maximum atomic E-state index is 13.0. The minimum absolute atomic E-state index is 0.243. The van der Waals surface area contributed by atoms with Gasteiger partial charge in [-0.05, 0) is 60.7 Å². The topological polar surface area (TPSA) is 47.0 Å². The lowest BCUT2D eigenvalue weighted by Gasteiger charge is -2.32. The Hall–Kier alpha value is -2.22. The fourth-order valence-corrected chi connectivity index (χ4v) is 3.42. The number of thiocarbonyl (C=S) groups is 1. The molecule has 0 aliphatic carbocycles. The van der Waals surface area contributed by atoms with Crippen LogP contribution in [0.1, 0.15) is 11.6 Å². The summed E-state index contributed by atoms with van der Waals surface area (Å²) in [5.74, 6) is 0.575. The summed E-state index contributed by atoms with van der Waals surface area (Å²) in [6.45, 7) is 4.13. The van der Waals surface area contributed by atoms with Crippen molar-refractivity contribution in [2.75, 3.05) is 45.3 Å². The van der Waals surface area contributed by atoms with E-state index in [0.717, 1.165) is 37.7 Å². The fraction of sp³-hybridized carbons (Fsp3) is 0.350. The van der Waals surface area contributed by atoms with Gasteiger partial charge in [0.05, 0.1) is 26.9 Å². The number of hydrogen-bond acceptors (Lipinski definition) is 3. The molecule has 1 saturated heterocycles. The molecule has 1 atom stereocenters. The Morgan fingerprint density at radius 1 is 1.15 bits per heavy atom. The third-order valence-corrected chi connectivity index (χ3v) is 4.96. The Kier molecular flexibility index (Phi) is 6.98. The lowest BCUT2D eigenvalue weighted by molar-refractivity contribution is -0.937. The van der Waals surface area contributed by atoms with Crippen LogP contribution in [-0.4, -0.2) is 45.1 Å². The number of benzene rings is 2. The molecular formula is C20H25FN3O2S+. The molecule has 1 fully saturated rings. The number of hydrogen-bond donors (Lipinski definition) is 3. The van der Waals surface area contributed by atoms with E-state index in [1.165, 1.54) is 22.6 Å². The van der Waals surface area contributed by atoms with Crippen LogP contribution in [0.25, 0.3) is 0 Å². The normalized spacial score (nSPS) is 15.8. The Bertz CT molecular complexity index is 734. The van der Waals surface area contributed by atoms with E-state index in [-0.39, 0.29) is 11.9 Å². The van der Waals surface area contributed by atoms with Crippen LogP contribution in [0.15, 0.2) is 48.5 Å². The lowest BCUT2D eigenvalue weighted by atomic mass is 10.0. The zero-order chi connectivity index (χ0) is 19.1. The Morgan fingerprint density at radius 3 is 2.44 bits per heavy atom. The van der Waals surface area contributed by atoms with Crippen LogP contribution in [0, 0.1) is 5.82 Å². The molecule has 0 unspecified atom stereocenters. The van der Waals surface area contributed by atoms with Gasteiger partial charge in [0.1, 0.15) is 30.7 Å². The summed E-state index contributed by atoms with van der Waals surface area (Å²) in [5.41, 5.74) is 1.98. The summed E-state index contributed by atoms with van der Waals surface area (Å²) in [5, 5.41) is 6.92. The Morgan fingerprint density at radius 2 is 1.81 bits per heavy atom. The molecule has 0 saturated carbocycles. The maximum Gasteiger partial charge on any atom is 0.171 e. The highest BCUT2D eigenvalue weighted by molar-refractivity contribution is 7.80. The van der Waals surface area contributed by atoms with Crippen molar-refractivity contribution in [3.63, 3.8) is 0 Å². The number of rotatable bonds is 6. The molecule has 0 aromatic heterocycles. The van der Waals surface area contributed by atoms with Crippen molar-refractivity contribution in [1.29, 1.82) is 0 Å². The van der Waals surface area contributed by atoms with Gasteiger partial charge in [0.2, 0.25) is 0 Å². The lowest BCUT2D eigenvalue weighted by Crippen LogP contribution is -3.15. The highest BCUT2D eigenvalue weighted by atomic mass is 32.1. The summed E-state index contributed by atoms with van der Waals surface area (Å²) in [7, 11) is 1.67. The van der Waals surface area contributed by atoms with Gasteiger partial charge in [0.25, 0.3) is 0 Å². The van der Waals surface area contributed by atoms with Crippen molar-refractivity contribution in [2.24, 2.45) is 0 Å². The minimum Gasteiger partial charge on any atom is -0.497 e. The predicted molar refractivity (Wildman–Crippen MR) is 108 cm³/mol. The highest BCUT2D eigenvalue weighted by Gasteiger charge is 2.26. The van der Waals surface area contributed by atoms with Crippen molar-refractivity contribution in [1.82, 2.24) is 5.32 Å². The number of anilines is 1. The molecule has 2 aromatic rings. The van der Waals surface area contributed by atoms with Crippen LogP contribution in [0.4, 0.5) is 10.1 Å². The third-order valence-electron chi connectivity index (χ3n) is 4.71. The molecular weight excluding hydrogens is 365 g/mol. The molecule has 1 heterocycles. The summed E-state index contributed by atoms with van der Waals surface area (Å²) in [6.07, 6.45) is 0. The Balaban J connectivity index is 1.64. The number of morpholine rings is 1. The molecule has 0 bridgehead atoms. The van der Waals surface area contributed by atoms with Crippen LogP contribution < -0.4 is 20.3 Å². The second-order valence-corrected chi connectivity index (χ2v) is 6.85. The van der Waals surface area contributed by atoms with Gasteiger partial charge in [-0.15, -0.1) is 0 Å². The average molecular weight is 391 g/mol. The molecule has 0 amide bonds. The first-order chi connectivity index (χ1) is 13.2. The van der Waals surface area contributed by atoms with Crippen LogP contribution in [0.5, 0.6) is 5.75 Å². The van der Waals surface area contributed by atoms with Gasteiger partial charge in [-0.1, -0.05) is 0 Å². The summed E-state index contributed by atoms with van der Waals surface area (Å²) in [6, 6.07) is 14.6. The summed E-state index contributed by atoms with van der Waals surface area (Å²) >= 11 is 5.41. The van der Waals surface area contributed by atoms with Gasteiger partial charge in [0, 0.05) is 11.3 Å². The molecule has 1 aliphatic rings. The average Bonchev–Trinajstić information content (AvgIpc) is 2.71. The number of quaternary nitrogens is 1. The van der Waals surface area contributed by atoms with Crippen molar-refractivity contribution >= 4 is 23.0 Å². The maximum absolute atomic E-state index is 13.0. The van der Waals surface area contributed by atoms with Gasteiger partial charge in [0.15, 0.2) is 5.11 Å². The molecule has 3 N–H and O–H groups in total. The van der Waals surface area contributed by atoms with Gasteiger partial charge < -0.3 is 25.0 Å². The third kappa shape index (κ3) is 5.63. The van der Waals surface area contributed by atoms with E-state index in [1.54, 1.807) is 19.2 Å². The first-order valence-electron chi connectivity index (χ1n) is 9.02. The summed E-state index contributed by atoms with van der Waals surface area (Å²) in [4.78, 5) is 1.46. The van der Waals surface area contributed by atoms with Gasteiger partial charge >= 0.3 is 0 Å². The molecule has 5 nitrogen and oxygen atoms in total. The van der Waals surface area contributed by atoms with E-state index in [2.05, 4.69) is 22.8 Å². The molecule has 2 aromatic carbocycles. The molecule has 0 spiro atoms. The standard InChI is InChI=1S/C20H24FN3O2S/c1-25-18-8-2-15(3-9-18)19(24-10-12-26-13-11-24)14-22-20(27)23-17-6-4-16(21)5-7-17/h2-9,19H,10-14H2,1H3,(H2,22,23,27)/p+1/t19-/m1/s1. The second kappa shape index (κ2) is 9.64. The molecule has 3 rings (SSSR count). The fourth-order valence-electron chi connectivity index (χ4n) is 3.22. The number of halogens is 1. The summed E-state index contributed by atoms with van der Waals surface area (Å²) < 4.78 is 23.8. The molecule has 1 aliphatic heterocycles. The van der Waals surface area contributed by atoms with Crippen LogP contribution in [-0.2, 0) is 4.74 Å². The molecule has 7 heteroatoms. The highest BCUT2D eigenvalue weighted by Crippen LogP contribution is 2.16. The number of nitrogens with one attached hydrogen (secondary N) is 3. The number of ether oxygens (including phenoxy) is 2. The van der Waals surface area contributed by atoms with E-state index >= 15 is 0 Å². The quantitative estimate of drug-likeness (QED) is 0.657. The molecule has 27 heavy (non-hydrogen) atoms. The molecule has 144 valence electrons. The zero-order valence-electron chi connectivity index (χ0n) is 15.3. The largest absolute Gasteiger partial charge is 0.497 e. The minimum atomic E-state index is -0.269. The van der Waals surface area contributed by atoms with Crippen LogP contribution in [0.3, 0.4) is 0 Å². The van der Waals surface area contributed by atoms with Gasteiger partial charge in [-0.3, -0.25) is 0 Å². The van der Waals surface area contributed by atoms with Crippen LogP contribution >= 0.6 is 12.2 Å². The first-order valence-corrected chi connectivity index (χ1v) is 9.43. The zero-order valence-corrected chi connectivity index (χ0v) is 16.2. The van der Waals surface area contributed by atoms with Crippen molar-refractivity contribution < 1.29 is 18.8 Å². The smallest absolute Gasteiger partial charge is 0.171 e. The second-order valence-electron chi connectivity index (χ2n) is 6.44. The number of methoxy groups -OCH3 is 1. The van der Waals surface area contributed by atoms with Crippen molar-refractivity contribution in [3.05, 3.63) is 59.9 Å². The van der Waals surface area contributed by atoms with E-state index in [0.29, 0.717) is 11.7 Å². The van der Waals surface area contributed by atoms with Crippen molar-refractivity contribution in [3.8, 4) is 5.75 Å². The molecule has 0 radical (unpaired) electrons. The van der Waals surface area contributed by atoms with Gasteiger partial charge in [-0.2, -0.15) is 0 Å². The SMILES string of the molecule is COc1ccc([C@@H](CNC(=S)Nc2ccc(F)cc2)[NH+]2CCOCC2)cc1. The van der Waals surface area contributed by atoms with Gasteiger partial charge in [-0.25, -0.2) is 4.39 Å². The van der Waals surface area contributed by atoms with Crippen LogP contribution in [0.2, 0.25) is 0 Å². The van der Waals surface area contributed by atoms with E-state index in [9.17, 15) is 4.39 Å². The van der Waals surface area contributed by atoms with E-state index in [4.69, 9.17) is 21.7 Å². The predicted octanol–water partition coefficient (Wildman–Crippen LogP) is 1.78. The Labute approximate surface area is 164 Å². The van der Waals surface area contributed by atoms with E-state index in [1.807, 2.05) is 12.1 Å². The van der Waals surface area contributed by atoms with E-state index < -0.39 is 0 Å².